The zero-order valence-corrected chi connectivity index (χ0v) is 15.9. The first-order chi connectivity index (χ1) is 13.2. The molecule has 0 amide bonds. The number of nitrogens with zero attached hydrogens (tertiary/aromatic N) is 3. The molecule has 7 heteroatoms. The number of carbonyl (C=O) groups excluding carboxylic acids is 1. The topological polar surface area (TPSA) is 66.2 Å². The van der Waals surface area contributed by atoms with E-state index in [4.69, 9.17) is 9.47 Å². The number of benzene rings is 1. The molecule has 1 aromatic carbocycles. The second-order valence-corrected chi connectivity index (χ2v) is 6.93. The lowest BCUT2D eigenvalue weighted by molar-refractivity contribution is -0.137. The largest absolute Gasteiger partial charge is 0.487 e. The van der Waals surface area contributed by atoms with Crippen LogP contribution in [0.3, 0.4) is 0 Å². The SMILES string of the molecule is Cc1nc(COc2ccc(/C=C/C(=O)OCCCn3ccnc3)cc2)cs1. The van der Waals surface area contributed by atoms with Crippen molar-refractivity contribution < 1.29 is 14.3 Å². The van der Waals surface area contributed by atoms with E-state index >= 15 is 0 Å². The summed E-state index contributed by atoms with van der Waals surface area (Å²) in [6.07, 6.45) is 9.27. The minimum absolute atomic E-state index is 0.347. The molecular formula is C20H21N3O3S. The van der Waals surface area contributed by atoms with E-state index in [-0.39, 0.29) is 5.97 Å². The molecule has 0 fully saturated rings. The van der Waals surface area contributed by atoms with Crippen molar-refractivity contribution in [1.29, 1.82) is 0 Å². The summed E-state index contributed by atoms with van der Waals surface area (Å²) in [7, 11) is 0. The number of carbonyl (C=O) groups is 1. The van der Waals surface area contributed by atoms with Crippen molar-refractivity contribution in [2.24, 2.45) is 0 Å². The lowest BCUT2D eigenvalue weighted by Crippen LogP contribution is -2.05. The van der Waals surface area contributed by atoms with Crippen molar-refractivity contribution in [3.8, 4) is 5.75 Å². The van der Waals surface area contributed by atoms with Gasteiger partial charge in [-0.1, -0.05) is 12.1 Å². The van der Waals surface area contributed by atoms with Crippen LogP contribution in [0.2, 0.25) is 0 Å². The third-order valence-electron chi connectivity index (χ3n) is 3.71. The molecule has 0 N–H and O–H groups in total. The predicted molar refractivity (Wildman–Crippen MR) is 104 cm³/mol. The molecule has 0 atom stereocenters. The standard InChI is InChI=1S/C20H21N3O3S/c1-16-22-18(14-27-16)13-26-19-6-3-17(4-7-19)5-8-20(24)25-12-2-10-23-11-9-21-15-23/h3-9,11,14-15H,2,10,12-13H2,1H3/b8-5+. The Balaban J connectivity index is 1.38. The van der Waals surface area contributed by atoms with Gasteiger partial charge in [-0.05, 0) is 37.1 Å². The normalized spacial score (nSPS) is 11.0. The fourth-order valence-electron chi connectivity index (χ4n) is 2.36. The molecule has 0 saturated heterocycles. The van der Waals surface area contributed by atoms with E-state index in [1.165, 1.54) is 6.08 Å². The summed E-state index contributed by atoms with van der Waals surface area (Å²) in [5.41, 5.74) is 1.83. The highest BCUT2D eigenvalue weighted by atomic mass is 32.1. The molecule has 0 aliphatic heterocycles. The van der Waals surface area contributed by atoms with Crippen LogP contribution in [0.4, 0.5) is 0 Å². The molecule has 140 valence electrons. The molecule has 0 unspecified atom stereocenters. The molecule has 27 heavy (non-hydrogen) atoms. The number of ether oxygens (including phenoxy) is 2. The molecule has 0 aliphatic carbocycles. The summed E-state index contributed by atoms with van der Waals surface area (Å²) in [6, 6.07) is 7.53. The van der Waals surface area contributed by atoms with E-state index in [0.29, 0.717) is 13.2 Å². The van der Waals surface area contributed by atoms with Crippen LogP contribution in [-0.2, 0) is 22.7 Å². The maximum Gasteiger partial charge on any atom is 0.330 e. The molecule has 2 aromatic heterocycles. The number of imidazole rings is 1. The fraction of sp³-hybridized carbons (Fsp3) is 0.250. The third kappa shape index (κ3) is 6.38. The van der Waals surface area contributed by atoms with Gasteiger partial charge in [-0.25, -0.2) is 14.8 Å². The predicted octanol–water partition coefficient (Wildman–Crippen LogP) is 3.87. The van der Waals surface area contributed by atoms with Crippen LogP contribution in [-0.4, -0.2) is 27.1 Å². The summed E-state index contributed by atoms with van der Waals surface area (Å²) in [6.45, 7) is 3.58. The highest BCUT2D eigenvalue weighted by Crippen LogP contribution is 2.16. The van der Waals surface area contributed by atoms with Gasteiger partial charge in [0, 0.05) is 30.4 Å². The van der Waals surface area contributed by atoms with Gasteiger partial charge in [0.25, 0.3) is 0 Å². The Labute approximate surface area is 162 Å². The van der Waals surface area contributed by atoms with Crippen molar-refractivity contribution in [2.45, 2.75) is 26.5 Å². The number of esters is 1. The number of aromatic nitrogens is 3. The third-order valence-corrected chi connectivity index (χ3v) is 4.53. The lowest BCUT2D eigenvalue weighted by atomic mass is 10.2. The molecule has 0 bridgehead atoms. The number of hydrogen-bond donors (Lipinski definition) is 0. The number of thiazole rings is 1. The van der Waals surface area contributed by atoms with Gasteiger partial charge in [-0.3, -0.25) is 0 Å². The molecule has 6 nitrogen and oxygen atoms in total. The molecule has 0 spiro atoms. The average molecular weight is 383 g/mol. The first kappa shape index (κ1) is 18.8. The van der Waals surface area contributed by atoms with E-state index < -0.39 is 0 Å². The van der Waals surface area contributed by atoms with Gasteiger partial charge in [0.15, 0.2) is 0 Å². The quantitative estimate of drug-likeness (QED) is 0.319. The zero-order valence-electron chi connectivity index (χ0n) is 15.1. The van der Waals surface area contributed by atoms with Crippen LogP contribution < -0.4 is 4.74 Å². The van der Waals surface area contributed by atoms with Crippen molar-refractivity contribution in [1.82, 2.24) is 14.5 Å². The Bertz CT molecular complexity index is 870. The van der Waals surface area contributed by atoms with Gasteiger partial charge in [0.1, 0.15) is 12.4 Å². The Morgan fingerprint density at radius 1 is 1.30 bits per heavy atom. The molecular weight excluding hydrogens is 362 g/mol. The summed E-state index contributed by atoms with van der Waals surface area (Å²) >= 11 is 1.61. The van der Waals surface area contributed by atoms with Gasteiger partial charge in [-0.15, -0.1) is 11.3 Å². The van der Waals surface area contributed by atoms with Crippen molar-refractivity contribution in [2.75, 3.05) is 6.61 Å². The molecule has 3 aromatic rings. The highest BCUT2D eigenvalue weighted by molar-refractivity contribution is 7.09. The van der Waals surface area contributed by atoms with Gasteiger partial charge in [0.2, 0.25) is 0 Å². The van der Waals surface area contributed by atoms with Gasteiger partial charge in [0.05, 0.1) is 23.6 Å². The first-order valence-corrected chi connectivity index (χ1v) is 9.51. The zero-order chi connectivity index (χ0) is 18.9. The van der Waals surface area contributed by atoms with Crippen LogP contribution in [0, 0.1) is 6.92 Å². The van der Waals surface area contributed by atoms with E-state index in [0.717, 1.165) is 35.0 Å². The molecule has 0 saturated carbocycles. The van der Waals surface area contributed by atoms with Crippen LogP contribution in [0.5, 0.6) is 5.75 Å². The second-order valence-electron chi connectivity index (χ2n) is 5.87. The Hall–Kier alpha value is -2.93. The van der Waals surface area contributed by atoms with E-state index in [1.54, 1.807) is 29.9 Å². The van der Waals surface area contributed by atoms with Gasteiger partial charge >= 0.3 is 5.97 Å². The van der Waals surface area contributed by atoms with E-state index in [2.05, 4.69) is 9.97 Å². The summed E-state index contributed by atoms with van der Waals surface area (Å²) < 4.78 is 12.8. The van der Waals surface area contributed by atoms with Crippen LogP contribution >= 0.6 is 11.3 Å². The monoisotopic (exact) mass is 383 g/mol. The Morgan fingerprint density at radius 2 is 2.15 bits per heavy atom. The Morgan fingerprint density at radius 3 is 2.85 bits per heavy atom. The van der Waals surface area contributed by atoms with E-state index in [9.17, 15) is 4.79 Å². The van der Waals surface area contributed by atoms with Crippen molar-refractivity contribution in [3.63, 3.8) is 0 Å². The summed E-state index contributed by atoms with van der Waals surface area (Å²) in [4.78, 5) is 20.1. The second kappa shape index (κ2) is 9.68. The number of aryl methyl sites for hydroxylation is 2. The minimum atomic E-state index is -0.347. The summed E-state index contributed by atoms with van der Waals surface area (Å²) in [5, 5.41) is 3.02. The van der Waals surface area contributed by atoms with Crippen LogP contribution in [0.1, 0.15) is 22.7 Å². The van der Waals surface area contributed by atoms with Crippen molar-refractivity contribution in [3.05, 3.63) is 70.7 Å². The average Bonchev–Trinajstić information content (AvgIpc) is 3.34. The lowest BCUT2D eigenvalue weighted by Gasteiger charge is -2.04. The van der Waals surface area contributed by atoms with Crippen molar-refractivity contribution >= 4 is 23.4 Å². The molecule has 2 heterocycles. The van der Waals surface area contributed by atoms with Crippen LogP contribution in [0.15, 0.2) is 54.4 Å². The number of rotatable bonds is 9. The van der Waals surface area contributed by atoms with E-state index in [1.807, 2.05) is 47.3 Å². The molecule has 3 rings (SSSR count). The first-order valence-electron chi connectivity index (χ1n) is 8.63. The molecule has 0 aliphatic rings. The smallest absolute Gasteiger partial charge is 0.330 e. The van der Waals surface area contributed by atoms with Crippen LogP contribution in [0.25, 0.3) is 6.08 Å². The highest BCUT2D eigenvalue weighted by Gasteiger charge is 2.01. The summed E-state index contributed by atoms with van der Waals surface area (Å²) in [5.74, 6) is 0.416. The number of hydrogen-bond acceptors (Lipinski definition) is 6. The van der Waals surface area contributed by atoms with Gasteiger partial charge < -0.3 is 14.0 Å². The maximum atomic E-state index is 11.7. The molecule has 0 radical (unpaired) electrons. The minimum Gasteiger partial charge on any atom is -0.487 e. The fourth-order valence-corrected chi connectivity index (χ4v) is 2.96. The van der Waals surface area contributed by atoms with Gasteiger partial charge in [-0.2, -0.15) is 0 Å². The maximum absolute atomic E-state index is 11.7. The Kier molecular flexibility index (Phi) is 6.76.